The van der Waals surface area contributed by atoms with Crippen LogP contribution in [0.2, 0.25) is 0 Å². The lowest BCUT2D eigenvalue weighted by Gasteiger charge is -2.10. The highest BCUT2D eigenvalue weighted by Crippen LogP contribution is 2.41. The van der Waals surface area contributed by atoms with Crippen LogP contribution in [0.15, 0.2) is 23.1 Å². The highest BCUT2D eigenvalue weighted by Gasteiger charge is 2.43. The van der Waals surface area contributed by atoms with Gasteiger partial charge in [0.25, 0.3) is 0 Å². The third-order valence-corrected chi connectivity index (χ3v) is 5.61. The molecule has 2 rings (SSSR count). The monoisotopic (exact) mass is 293 g/mol. The molecular weight excluding hydrogens is 279 g/mol. The second-order valence-electron chi connectivity index (χ2n) is 4.54. The number of benzene rings is 1. The summed E-state index contributed by atoms with van der Waals surface area (Å²) in [6.07, 6.45) is -4.27. The van der Waals surface area contributed by atoms with Gasteiger partial charge in [-0.25, -0.2) is 8.42 Å². The van der Waals surface area contributed by atoms with Crippen LogP contribution in [0.1, 0.15) is 17.5 Å². The fourth-order valence-corrected chi connectivity index (χ4v) is 4.37. The molecule has 1 aromatic rings. The van der Waals surface area contributed by atoms with Crippen molar-refractivity contribution in [3.8, 4) is 0 Å². The van der Waals surface area contributed by atoms with Gasteiger partial charge in [0.2, 0.25) is 0 Å². The molecule has 0 saturated carbocycles. The van der Waals surface area contributed by atoms with Crippen LogP contribution in [0, 0.1) is 0 Å². The summed E-state index contributed by atoms with van der Waals surface area (Å²) >= 11 is 0. The maximum atomic E-state index is 12.9. The molecule has 1 atom stereocenters. The second-order valence-corrected chi connectivity index (χ2v) is 6.74. The number of hydrogen-bond donors (Lipinski definition) is 1. The maximum absolute atomic E-state index is 12.9. The van der Waals surface area contributed by atoms with Crippen LogP contribution < -0.4 is 5.32 Å². The number of hydrogen-bond acceptors (Lipinski definition) is 3. The van der Waals surface area contributed by atoms with Crippen LogP contribution in [0.5, 0.6) is 0 Å². The van der Waals surface area contributed by atoms with Gasteiger partial charge in [-0.3, -0.25) is 0 Å². The van der Waals surface area contributed by atoms with E-state index in [1.54, 1.807) is 7.05 Å². The first-order valence-electron chi connectivity index (χ1n) is 5.86. The van der Waals surface area contributed by atoms with Gasteiger partial charge in [-0.2, -0.15) is 13.2 Å². The Morgan fingerprint density at radius 3 is 2.63 bits per heavy atom. The zero-order valence-corrected chi connectivity index (χ0v) is 11.1. The van der Waals surface area contributed by atoms with Gasteiger partial charge in [0.05, 0.1) is 15.7 Å². The van der Waals surface area contributed by atoms with Crippen LogP contribution in [0.3, 0.4) is 0 Å². The first-order chi connectivity index (χ1) is 8.78. The zero-order chi connectivity index (χ0) is 14.3. The third-order valence-electron chi connectivity index (χ3n) is 3.33. The SMILES string of the molecule is CNCCC1Cc2c(C(F)(F)F)cccc2S1(=O)=O. The molecule has 1 aliphatic heterocycles. The van der Waals surface area contributed by atoms with Crippen molar-refractivity contribution in [2.75, 3.05) is 13.6 Å². The van der Waals surface area contributed by atoms with E-state index in [1.807, 2.05) is 0 Å². The minimum Gasteiger partial charge on any atom is -0.320 e. The van der Waals surface area contributed by atoms with E-state index in [4.69, 9.17) is 0 Å². The van der Waals surface area contributed by atoms with E-state index in [1.165, 1.54) is 6.07 Å². The number of fused-ring (bicyclic) bond motifs is 1. The van der Waals surface area contributed by atoms with E-state index in [9.17, 15) is 21.6 Å². The van der Waals surface area contributed by atoms with Crippen LogP contribution in [0.25, 0.3) is 0 Å². The van der Waals surface area contributed by atoms with Crippen LogP contribution in [-0.2, 0) is 22.4 Å². The smallest absolute Gasteiger partial charge is 0.320 e. The Kier molecular flexibility index (Phi) is 3.61. The van der Waals surface area contributed by atoms with Crippen molar-refractivity contribution >= 4 is 9.84 Å². The molecule has 1 aromatic carbocycles. The highest BCUT2D eigenvalue weighted by atomic mass is 32.2. The summed E-state index contributed by atoms with van der Waals surface area (Å²) in [6.45, 7) is 0.458. The van der Waals surface area contributed by atoms with Crippen molar-refractivity contribution in [1.82, 2.24) is 5.32 Å². The van der Waals surface area contributed by atoms with Crippen molar-refractivity contribution in [2.45, 2.75) is 29.2 Å². The summed E-state index contributed by atoms with van der Waals surface area (Å²) < 4.78 is 62.9. The molecule has 1 N–H and O–H groups in total. The fraction of sp³-hybridized carbons (Fsp3) is 0.500. The lowest BCUT2D eigenvalue weighted by molar-refractivity contribution is -0.138. The van der Waals surface area contributed by atoms with Crippen molar-refractivity contribution < 1.29 is 21.6 Å². The zero-order valence-electron chi connectivity index (χ0n) is 10.3. The van der Waals surface area contributed by atoms with Gasteiger partial charge in [-0.1, -0.05) is 6.07 Å². The predicted molar refractivity (Wildman–Crippen MR) is 64.7 cm³/mol. The van der Waals surface area contributed by atoms with E-state index >= 15 is 0 Å². The number of halogens is 3. The summed E-state index contributed by atoms with van der Waals surface area (Å²) in [7, 11) is -1.96. The fourth-order valence-electron chi connectivity index (χ4n) is 2.39. The van der Waals surface area contributed by atoms with Gasteiger partial charge in [0, 0.05) is 0 Å². The summed E-state index contributed by atoms with van der Waals surface area (Å²) in [4.78, 5) is -0.163. The Balaban J connectivity index is 2.47. The molecule has 0 bridgehead atoms. The topological polar surface area (TPSA) is 46.2 Å². The maximum Gasteiger partial charge on any atom is 0.416 e. The van der Waals surface area contributed by atoms with Gasteiger partial charge in [-0.05, 0) is 44.1 Å². The minimum atomic E-state index is -4.52. The highest BCUT2D eigenvalue weighted by molar-refractivity contribution is 7.92. The molecule has 106 valence electrons. The van der Waals surface area contributed by atoms with Gasteiger partial charge < -0.3 is 5.32 Å². The van der Waals surface area contributed by atoms with E-state index in [2.05, 4.69) is 5.32 Å². The number of alkyl halides is 3. The number of rotatable bonds is 3. The van der Waals surface area contributed by atoms with Gasteiger partial charge in [-0.15, -0.1) is 0 Å². The average molecular weight is 293 g/mol. The van der Waals surface area contributed by atoms with Crippen LogP contribution in [0.4, 0.5) is 13.2 Å². The number of sulfone groups is 1. The van der Waals surface area contributed by atoms with Crippen molar-refractivity contribution in [3.05, 3.63) is 29.3 Å². The Bertz CT molecular complexity index is 581. The summed E-state index contributed by atoms with van der Waals surface area (Å²) in [5, 5.41) is 2.05. The summed E-state index contributed by atoms with van der Waals surface area (Å²) in [5.41, 5.74) is -0.920. The molecular formula is C12H14F3NO2S. The molecule has 0 amide bonds. The standard InChI is InChI=1S/C12H14F3NO2S/c1-16-6-5-8-7-9-10(12(13,14)15)3-2-4-11(9)19(8,17)18/h2-4,8,16H,5-7H2,1H3. The van der Waals surface area contributed by atoms with Crippen LogP contribution >= 0.6 is 0 Å². The van der Waals surface area contributed by atoms with Crippen molar-refractivity contribution in [1.29, 1.82) is 0 Å². The lowest BCUT2D eigenvalue weighted by Crippen LogP contribution is -2.22. The molecule has 3 nitrogen and oxygen atoms in total. The molecule has 0 fully saturated rings. The van der Waals surface area contributed by atoms with Crippen molar-refractivity contribution in [3.63, 3.8) is 0 Å². The third kappa shape index (κ3) is 2.49. The van der Waals surface area contributed by atoms with E-state index in [0.29, 0.717) is 13.0 Å². The summed E-state index contributed by atoms with van der Waals surface area (Å²) in [5.74, 6) is 0. The van der Waals surface area contributed by atoms with Crippen molar-refractivity contribution in [2.24, 2.45) is 0 Å². The first-order valence-corrected chi connectivity index (χ1v) is 7.40. The Hall–Kier alpha value is -1.08. The molecule has 7 heteroatoms. The largest absolute Gasteiger partial charge is 0.416 e. The van der Waals surface area contributed by atoms with Gasteiger partial charge in [0.15, 0.2) is 9.84 Å². The molecule has 0 aromatic heterocycles. The van der Waals surface area contributed by atoms with Gasteiger partial charge in [0.1, 0.15) is 0 Å². The van der Waals surface area contributed by atoms with E-state index in [-0.39, 0.29) is 16.9 Å². The quantitative estimate of drug-likeness (QED) is 0.927. The molecule has 1 heterocycles. The summed E-state index contributed by atoms with van der Waals surface area (Å²) in [6, 6.07) is 3.35. The van der Waals surface area contributed by atoms with E-state index < -0.39 is 26.8 Å². The van der Waals surface area contributed by atoms with Crippen LogP contribution in [-0.4, -0.2) is 27.3 Å². The molecule has 1 unspecified atom stereocenters. The molecule has 0 saturated heterocycles. The Morgan fingerprint density at radius 2 is 2.05 bits per heavy atom. The molecule has 0 spiro atoms. The predicted octanol–water partition coefficient (Wildman–Crippen LogP) is 2.01. The molecule has 19 heavy (non-hydrogen) atoms. The Morgan fingerprint density at radius 1 is 1.37 bits per heavy atom. The molecule has 0 radical (unpaired) electrons. The second kappa shape index (κ2) is 4.79. The van der Waals surface area contributed by atoms with E-state index in [0.717, 1.165) is 12.1 Å². The first kappa shape index (κ1) is 14.3. The molecule has 0 aliphatic carbocycles. The number of nitrogens with one attached hydrogen (secondary N) is 1. The normalized spacial score (nSPS) is 21.4. The minimum absolute atomic E-state index is 0.0605. The lowest BCUT2D eigenvalue weighted by atomic mass is 10.0. The Labute approximate surface area is 109 Å². The average Bonchev–Trinajstić information content (AvgIpc) is 2.57. The molecule has 1 aliphatic rings. The van der Waals surface area contributed by atoms with Gasteiger partial charge >= 0.3 is 6.18 Å².